The lowest BCUT2D eigenvalue weighted by atomic mass is 10.1. The second-order valence-electron chi connectivity index (χ2n) is 4.81. The van der Waals surface area contributed by atoms with Crippen molar-refractivity contribution in [1.82, 2.24) is 5.32 Å². The van der Waals surface area contributed by atoms with Gasteiger partial charge in [-0.1, -0.05) is 29.3 Å². The standard InChI is InChI=1S/C14H15Cl2NO4/c15-9-3-1-4-10(16)8(9)7-11(14(19)20)17-13(18)12-5-2-6-21-12/h1,3-4,11-12H,2,5-7H2,(H,17,18)(H,19,20)/t11-,12-/m1/s1. The van der Waals surface area contributed by atoms with Crippen LogP contribution in [-0.2, 0) is 20.7 Å². The second kappa shape index (κ2) is 7.11. The first kappa shape index (κ1) is 16.1. The van der Waals surface area contributed by atoms with Crippen LogP contribution in [0, 0.1) is 0 Å². The molecule has 114 valence electrons. The van der Waals surface area contributed by atoms with E-state index in [9.17, 15) is 14.7 Å². The SMILES string of the molecule is O=C(O)[C@@H](Cc1c(Cl)cccc1Cl)NC(=O)[C@H]1CCCO1. The maximum absolute atomic E-state index is 12.0. The third kappa shape index (κ3) is 4.09. The van der Waals surface area contributed by atoms with Gasteiger partial charge in [0.1, 0.15) is 12.1 Å². The highest BCUT2D eigenvalue weighted by atomic mass is 35.5. The highest BCUT2D eigenvalue weighted by Gasteiger charge is 2.29. The number of ether oxygens (including phenoxy) is 1. The summed E-state index contributed by atoms with van der Waals surface area (Å²) >= 11 is 12.1. The number of carbonyl (C=O) groups is 2. The van der Waals surface area contributed by atoms with Crippen molar-refractivity contribution in [3.05, 3.63) is 33.8 Å². The van der Waals surface area contributed by atoms with E-state index in [0.29, 0.717) is 28.6 Å². The number of amides is 1. The number of benzene rings is 1. The van der Waals surface area contributed by atoms with Gasteiger partial charge < -0.3 is 15.2 Å². The van der Waals surface area contributed by atoms with E-state index < -0.39 is 24.0 Å². The Balaban J connectivity index is 2.09. The average Bonchev–Trinajstić information content (AvgIpc) is 2.95. The van der Waals surface area contributed by atoms with Crippen molar-refractivity contribution < 1.29 is 19.4 Å². The normalized spacial score (nSPS) is 19.2. The van der Waals surface area contributed by atoms with Crippen LogP contribution in [0.1, 0.15) is 18.4 Å². The van der Waals surface area contributed by atoms with Gasteiger partial charge in [0.15, 0.2) is 0 Å². The molecule has 1 aromatic carbocycles. The third-order valence-corrected chi connectivity index (χ3v) is 4.01. The molecule has 7 heteroatoms. The number of aliphatic carboxylic acids is 1. The molecule has 2 N–H and O–H groups in total. The summed E-state index contributed by atoms with van der Waals surface area (Å²) in [5.41, 5.74) is 0.501. The molecule has 1 aliphatic rings. The number of hydrogen-bond acceptors (Lipinski definition) is 3. The molecule has 2 atom stereocenters. The smallest absolute Gasteiger partial charge is 0.326 e. The van der Waals surface area contributed by atoms with E-state index in [0.717, 1.165) is 6.42 Å². The van der Waals surface area contributed by atoms with Crippen LogP contribution in [0.2, 0.25) is 10.0 Å². The van der Waals surface area contributed by atoms with Crippen molar-refractivity contribution in [2.24, 2.45) is 0 Å². The lowest BCUT2D eigenvalue weighted by molar-refractivity contribution is -0.143. The minimum atomic E-state index is -1.14. The maximum atomic E-state index is 12.0. The molecule has 0 unspecified atom stereocenters. The quantitative estimate of drug-likeness (QED) is 0.867. The first-order chi connectivity index (χ1) is 9.99. The summed E-state index contributed by atoms with van der Waals surface area (Å²) in [4.78, 5) is 23.3. The Morgan fingerprint density at radius 3 is 2.57 bits per heavy atom. The average molecular weight is 332 g/mol. The van der Waals surface area contributed by atoms with Crippen molar-refractivity contribution in [1.29, 1.82) is 0 Å². The van der Waals surface area contributed by atoms with Crippen molar-refractivity contribution >= 4 is 35.1 Å². The topological polar surface area (TPSA) is 75.6 Å². The summed E-state index contributed by atoms with van der Waals surface area (Å²) in [6, 6.07) is 3.83. The van der Waals surface area contributed by atoms with Crippen molar-refractivity contribution in [2.45, 2.75) is 31.4 Å². The minimum Gasteiger partial charge on any atom is -0.480 e. The Morgan fingerprint density at radius 2 is 2.05 bits per heavy atom. The molecular weight excluding hydrogens is 317 g/mol. The molecule has 0 radical (unpaired) electrons. The zero-order valence-corrected chi connectivity index (χ0v) is 12.7. The number of carboxylic acid groups (broad SMARTS) is 1. The van der Waals surface area contributed by atoms with Crippen molar-refractivity contribution in [3.63, 3.8) is 0 Å². The molecule has 21 heavy (non-hydrogen) atoms. The van der Waals surface area contributed by atoms with Crippen LogP contribution in [0.15, 0.2) is 18.2 Å². The summed E-state index contributed by atoms with van der Waals surface area (Å²) in [7, 11) is 0. The second-order valence-corrected chi connectivity index (χ2v) is 5.62. The van der Waals surface area contributed by atoms with Crippen LogP contribution < -0.4 is 5.32 Å². The largest absolute Gasteiger partial charge is 0.480 e. The molecular formula is C14H15Cl2NO4. The summed E-state index contributed by atoms with van der Waals surface area (Å²) < 4.78 is 5.24. The lowest BCUT2D eigenvalue weighted by Gasteiger charge is -2.18. The van der Waals surface area contributed by atoms with Crippen molar-refractivity contribution in [3.8, 4) is 0 Å². The van der Waals surface area contributed by atoms with Crippen molar-refractivity contribution in [2.75, 3.05) is 6.61 Å². The van der Waals surface area contributed by atoms with Gasteiger partial charge >= 0.3 is 5.97 Å². The number of halogens is 2. The van der Waals surface area contributed by atoms with Gasteiger partial charge in [0, 0.05) is 23.1 Å². The molecule has 1 heterocycles. The van der Waals surface area contributed by atoms with Crippen LogP contribution >= 0.6 is 23.2 Å². The highest BCUT2D eigenvalue weighted by molar-refractivity contribution is 6.36. The molecule has 1 fully saturated rings. The number of carboxylic acids is 1. The molecule has 0 aromatic heterocycles. The summed E-state index contributed by atoms with van der Waals surface area (Å²) in [6.45, 7) is 0.520. The Bertz CT molecular complexity index is 524. The van der Waals surface area contributed by atoms with E-state index in [1.807, 2.05) is 0 Å². The van der Waals surface area contributed by atoms with E-state index in [-0.39, 0.29) is 6.42 Å². The van der Waals surface area contributed by atoms with Crippen LogP contribution in [-0.4, -0.2) is 35.7 Å². The van der Waals surface area contributed by atoms with E-state index in [2.05, 4.69) is 5.32 Å². The van der Waals surface area contributed by atoms with Gasteiger partial charge in [-0.05, 0) is 30.5 Å². The highest BCUT2D eigenvalue weighted by Crippen LogP contribution is 2.25. The molecule has 5 nitrogen and oxygen atoms in total. The Hall–Kier alpha value is -1.30. The zero-order valence-electron chi connectivity index (χ0n) is 11.1. The fourth-order valence-corrected chi connectivity index (χ4v) is 2.73. The fourth-order valence-electron chi connectivity index (χ4n) is 2.18. The van der Waals surface area contributed by atoms with E-state index in [1.165, 1.54) is 0 Å². The number of rotatable bonds is 5. The lowest BCUT2D eigenvalue weighted by Crippen LogP contribution is -2.46. The van der Waals surface area contributed by atoms with Crippen LogP contribution in [0.5, 0.6) is 0 Å². The molecule has 0 aliphatic carbocycles. The number of nitrogens with one attached hydrogen (secondary N) is 1. The predicted octanol–water partition coefficient (Wildman–Crippen LogP) is 2.28. The molecule has 0 bridgehead atoms. The molecule has 0 spiro atoms. The summed E-state index contributed by atoms with van der Waals surface area (Å²) in [6.07, 6.45) is 0.845. The molecule has 2 rings (SSSR count). The first-order valence-corrected chi connectivity index (χ1v) is 7.32. The molecule has 1 aromatic rings. The first-order valence-electron chi connectivity index (χ1n) is 6.56. The molecule has 1 amide bonds. The van der Waals surface area contributed by atoms with Crippen LogP contribution in [0.25, 0.3) is 0 Å². The fraction of sp³-hybridized carbons (Fsp3) is 0.429. The molecule has 1 saturated heterocycles. The summed E-state index contributed by atoms with van der Waals surface area (Å²) in [5, 5.41) is 12.5. The van der Waals surface area contributed by atoms with E-state index >= 15 is 0 Å². The van der Waals surface area contributed by atoms with Gasteiger partial charge in [0.2, 0.25) is 5.91 Å². The van der Waals surface area contributed by atoms with Gasteiger partial charge in [-0.3, -0.25) is 4.79 Å². The van der Waals surface area contributed by atoms with E-state index in [4.69, 9.17) is 27.9 Å². The van der Waals surface area contributed by atoms with Gasteiger partial charge in [-0.15, -0.1) is 0 Å². The maximum Gasteiger partial charge on any atom is 0.326 e. The van der Waals surface area contributed by atoms with Gasteiger partial charge in [-0.25, -0.2) is 4.79 Å². The zero-order chi connectivity index (χ0) is 15.4. The number of hydrogen-bond donors (Lipinski definition) is 2. The monoisotopic (exact) mass is 331 g/mol. The van der Waals surface area contributed by atoms with Gasteiger partial charge in [-0.2, -0.15) is 0 Å². The predicted molar refractivity (Wildman–Crippen MR) is 78.7 cm³/mol. The number of carbonyl (C=O) groups excluding carboxylic acids is 1. The Kier molecular flexibility index (Phi) is 5.45. The van der Waals surface area contributed by atoms with E-state index in [1.54, 1.807) is 18.2 Å². The third-order valence-electron chi connectivity index (χ3n) is 3.31. The Labute approximate surface area is 132 Å². The van der Waals surface area contributed by atoms with Gasteiger partial charge in [0.25, 0.3) is 0 Å². The van der Waals surface area contributed by atoms with Gasteiger partial charge in [0.05, 0.1) is 0 Å². The molecule has 1 aliphatic heterocycles. The van der Waals surface area contributed by atoms with Crippen LogP contribution in [0.3, 0.4) is 0 Å². The minimum absolute atomic E-state index is 0.0201. The van der Waals surface area contributed by atoms with Crippen LogP contribution in [0.4, 0.5) is 0 Å². The molecule has 0 saturated carbocycles. The Morgan fingerprint density at radius 1 is 1.38 bits per heavy atom. The summed E-state index contributed by atoms with van der Waals surface area (Å²) in [5.74, 6) is -1.56.